The third kappa shape index (κ3) is 1.38. The Morgan fingerprint density at radius 1 is 1.42 bits per heavy atom. The van der Waals surface area contributed by atoms with Gasteiger partial charge in [0.2, 0.25) is 0 Å². The second kappa shape index (κ2) is 3.35. The molecule has 0 spiro atoms. The van der Waals surface area contributed by atoms with Gasteiger partial charge in [-0.2, -0.15) is 0 Å². The molecule has 0 aromatic rings. The lowest BCUT2D eigenvalue weighted by Crippen LogP contribution is -2.30. The Balaban J connectivity index is 2.02. The van der Waals surface area contributed by atoms with E-state index in [0.29, 0.717) is 30.7 Å². The Hall–Kier alpha value is -0.0800. The summed E-state index contributed by atoms with van der Waals surface area (Å²) in [4.78, 5) is 0. The Morgan fingerprint density at radius 2 is 2.25 bits per heavy atom. The first kappa shape index (κ1) is 8.52. The van der Waals surface area contributed by atoms with Gasteiger partial charge in [0.15, 0.2) is 0 Å². The van der Waals surface area contributed by atoms with Gasteiger partial charge in [0.1, 0.15) is 0 Å². The van der Waals surface area contributed by atoms with E-state index in [4.69, 9.17) is 9.84 Å². The highest BCUT2D eigenvalue weighted by Crippen LogP contribution is 2.40. The summed E-state index contributed by atoms with van der Waals surface area (Å²) in [5, 5.41) is 9.17. The van der Waals surface area contributed by atoms with Gasteiger partial charge in [-0.3, -0.25) is 0 Å². The Bertz CT molecular complexity index is 152. The van der Waals surface area contributed by atoms with Crippen molar-refractivity contribution in [2.24, 2.45) is 11.8 Å². The molecule has 1 heterocycles. The molecular formula is C10H18O2. The molecule has 0 radical (unpaired) electrons. The van der Waals surface area contributed by atoms with Gasteiger partial charge < -0.3 is 9.84 Å². The SMILES string of the molecule is C[C@@H]1C[C@H]2[C@@H](CO)CCC[C@H]2O1. The predicted molar refractivity (Wildman–Crippen MR) is 46.9 cm³/mol. The highest BCUT2D eigenvalue weighted by atomic mass is 16.5. The van der Waals surface area contributed by atoms with Crippen LogP contribution >= 0.6 is 0 Å². The van der Waals surface area contributed by atoms with E-state index in [-0.39, 0.29) is 0 Å². The van der Waals surface area contributed by atoms with E-state index in [1.165, 1.54) is 19.3 Å². The van der Waals surface area contributed by atoms with Gasteiger partial charge in [-0.15, -0.1) is 0 Å². The molecule has 2 rings (SSSR count). The maximum absolute atomic E-state index is 9.17. The molecule has 1 N–H and O–H groups in total. The van der Waals surface area contributed by atoms with Crippen LogP contribution in [0.1, 0.15) is 32.6 Å². The molecule has 2 fully saturated rings. The van der Waals surface area contributed by atoms with Crippen molar-refractivity contribution in [2.45, 2.75) is 44.8 Å². The smallest absolute Gasteiger partial charge is 0.0611 e. The summed E-state index contributed by atoms with van der Waals surface area (Å²) < 4.78 is 5.79. The monoisotopic (exact) mass is 170 g/mol. The van der Waals surface area contributed by atoms with Crippen LogP contribution < -0.4 is 0 Å². The summed E-state index contributed by atoms with van der Waals surface area (Å²) in [6.07, 6.45) is 5.70. The van der Waals surface area contributed by atoms with Crippen LogP contribution in [-0.4, -0.2) is 23.9 Å². The normalized spacial score (nSPS) is 47.5. The summed E-state index contributed by atoms with van der Waals surface area (Å²) in [5.74, 6) is 1.17. The quantitative estimate of drug-likeness (QED) is 0.647. The highest BCUT2D eigenvalue weighted by molar-refractivity contribution is 4.88. The lowest BCUT2D eigenvalue weighted by atomic mass is 9.77. The van der Waals surface area contributed by atoms with Crippen LogP contribution in [-0.2, 0) is 4.74 Å². The minimum absolute atomic E-state index is 0.358. The molecule has 4 atom stereocenters. The number of hydrogen-bond donors (Lipinski definition) is 1. The minimum Gasteiger partial charge on any atom is -0.396 e. The average Bonchev–Trinajstić information content (AvgIpc) is 2.44. The van der Waals surface area contributed by atoms with Crippen molar-refractivity contribution < 1.29 is 9.84 Å². The van der Waals surface area contributed by atoms with Crippen LogP contribution in [0, 0.1) is 11.8 Å². The van der Waals surface area contributed by atoms with Gasteiger partial charge in [-0.25, -0.2) is 0 Å². The molecule has 0 amide bonds. The standard InChI is InChI=1S/C10H18O2/c1-7-5-9-8(6-11)3-2-4-10(9)12-7/h7-11H,2-6H2,1H3/t7-,8-,9+,10-/m1/s1. The van der Waals surface area contributed by atoms with Crippen molar-refractivity contribution in [3.05, 3.63) is 0 Å². The van der Waals surface area contributed by atoms with E-state index >= 15 is 0 Å². The number of rotatable bonds is 1. The maximum atomic E-state index is 9.17. The summed E-state index contributed by atoms with van der Waals surface area (Å²) >= 11 is 0. The van der Waals surface area contributed by atoms with Crippen LogP contribution in [0.3, 0.4) is 0 Å². The molecule has 2 aliphatic rings. The topological polar surface area (TPSA) is 29.5 Å². The molecule has 1 aliphatic heterocycles. The fourth-order valence-electron chi connectivity index (χ4n) is 2.79. The number of fused-ring (bicyclic) bond motifs is 1. The van der Waals surface area contributed by atoms with Crippen LogP contribution in [0.25, 0.3) is 0 Å². The fourth-order valence-corrected chi connectivity index (χ4v) is 2.79. The van der Waals surface area contributed by atoms with E-state index in [1.54, 1.807) is 0 Å². The van der Waals surface area contributed by atoms with Crippen LogP contribution in [0.4, 0.5) is 0 Å². The van der Waals surface area contributed by atoms with Crippen LogP contribution in [0.2, 0.25) is 0 Å². The van der Waals surface area contributed by atoms with E-state index < -0.39 is 0 Å². The third-order valence-electron chi connectivity index (χ3n) is 3.39. The molecule has 1 aliphatic carbocycles. The molecule has 0 bridgehead atoms. The number of ether oxygens (including phenoxy) is 1. The molecule has 1 saturated heterocycles. The fraction of sp³-hybridized carbons (Fsp3) is 1.00. The first-order valence-corrected chi connectivity index (χ1v) is 5.07. The van der Waals surface area contributed by atoms with Crippen molar-refractivity contribution in [1.82, 2.24) is 0 Å². The second-order valence-electron chi connectivity index (χ2n) is 4.26. The Labute approximate surface area is 73.9 Å². The molecule has 0 aromatic heterocycles. The van der Waals surface area contributed by atoms with E-state index in [2.05, 4.69) is 6.92 Å². The first-order valence-electron chi connectivity index (χ1n) is 5.07. The number of aliphatic hydroxyl groups excluding tert-OH is 1. The minimum atomic E-state index is 0.358. The number of hydrogen-bond acceptors (Lipinski definition) is 2. The van der Waals surface area contributed by atoms with E-state index in [0.717, 1.165) is 6.42 Å². The van der Waals surface area contributed by atoms with Gasteiger partial charge in [0.25, 0.3) is 0 Å². The van der Waals surface area contributed by atoms with Gasteiger partial charge in [0, 0.05) is 6.61 Å². The molecular weight excluding hydrogens is 152 g/mol. The van der Waals surface area contributed by atoms with Gasteiger partial charge in [-0.1, -0.05) is 6.42 Å². The van der Waals surface area contributed by atoms with E-state index in [1.807, 2.05) is 0 Å². The van der Waals surface area contributed by atoms with Crippen molar-refractivity contribution in [3.8, 4) is 0 Å². The maximum Gasteiger partial charge on any atom is 0.0611 e. The summed E-state index contributed by atoms with van der Waals surface area (Å²) in [6.45, 7) is 2.50. The Morgan fingerprint density at radius 3 is 3.00 bits per heavy atom. The summed E-state index contributed by atoms with van der Waals surface area (Å²) in [5.41, 5.74) is 0. The van der Waals surface area contributed by atoms with Crippen molar-refractivity contribution in [2.75, 3.05) is 6.61 Å². The predicted octanol–water partition coefficient (Wildman–Crippen LogP) is 1.57. The highest BCUT2D eigenvalue weighted by Gasteiger charge is 2.39. The zero-order valence-corrected chi connectivity index (χ0v) is 7.70. The van der Waals surface area contributed by atoms with Crippen molar-refractivity contribution >= 4 is 0 Å². The van der Waals surface area contributed by atoms with Crippen molar-refractivity contribution in [1.29, 1.82) is 0 Å². The summed E-state index contributed by atoms with van der Waals surface area (Å²) in [6, 6.07) is 0. The van der Waals surface area contributed by atoms with Crippen LogP contribution in [0.5, 0.6) is 0 Å². The molecule has 12 heavy (non-hydrogen) atoms. The molecule has 0 aromatic carbocycles. The van der Waals surface area contributed by atoms with E-state index in [9.17, 15) is 0 Å². The zero-order valence-electron chi connectivity index (χ0n) is 7.70. The molecule has 2 heteroatoms. The first-order chi connectivity index (χ1) is 5.81. The molecule has 1 saturated carbocycles. The summed E-state index contributed by atoms with van der Waals surface area (Å²) in [7, 11) is 0. The third-order valence-corrected chi connectivity index (χ3v) is 3.39. The van der Waals surface area contributed by atoms with Gasteiger partial charge >= 0.3 is 0 Å². The molecule has 2 nitrogen and oxygen atoms in total. The zero-order chi connectivity index (χ0) is 8.55. The number of aliphatic hydroxyl groups is 1. The lowest BCUT2D eigenvalue weighted by Gasteiger charge is -2.31. The average molecular weight is 170 g/mol. The van der Waals surface area contributed by atoms with Gasteiger partial charge in [0.05, 0.1) is 12.2 Å². The van der Waals surface area contributed by atoms with Crippen LogP contribution in [0.15, 0.2) is 0 Å². The Kier molecular flexibility index (Phi) is 2.37. The van der Waals surface area contributed by atoms with Gasteiger partial charge in [-0.05, 0) is 38.0 Å². The molecule has 0 unspecified atom stereocenters. The second-order valence-corrected chi connectivity index (χ2v) is 4.26. The lowest BCUT2D eigenvalue weighted by molar-refractivity contribution is 0.00330. The molecule has 70 valence electrons. The van der Waals surface area contributed by atoms with Crippen molar-refractivity contribution in [3.63, 3.8) is 0 Å². The largest absolute Gasteiger partial charge is 0.396 e.